The molecule has 0 unspecified atom stereocenters. The fraction of sp³-hybridized carbons (Fsp3) is 0.217. The first kappa shape index (κ1) is 22.2. The molecule has 1 aliphatic heterocycles. The Balaban J connectivity index is 1.75. The third kappa shape index (κ3) is 4.20. The Kier molecular flexibility index (Phi) is 6.44. The molecule has 3 N–H and O–H groups in total. The summed E-state index contributed by atoms with van der Waals surface area (Å²) in [7, 11) is 0. The first-order valence-electron chi connectivity index (χ1n) is 9.88. The molecule has 0 aliphatic carbocycles. The van der Waals surface area contributed by atoms with Crippen molar-refractivity contribution in [2.45, 2.75) is 26.4 Å². The third-order valence-corrected chi connectivity index (χ3v) is 6.21. The highest BCUT2D eigenvalue weighted by atomic mass is 79.9. The Morgan fingerprint density at radius 3 is 2.66 bits per heavy atom. The van der Waals surface area contributed by atoms with Crippen molar-refractivity contribution in [1.82, 2.24) is 10.2 Å². The van der Waals surface area contributed by atoms with Crippen molar-refractivity contribution >= 4 is 31.9 Å². The number of nitriles is 1. The van der Waals surface area contributed by atoms with E-state index in [1.807, 2.05) is 50.2 Å². The molecule has 0 bridgehead atoms. The van der Waals surface area contributed by atoms with Gasteiger partial charge in [0.25, 0.3) is 0 Å². The van der Waals surface area contributed by atoms with E-state index in [1.54, 1.807) is 0 Å². The highest BCUT2D eigenvalue weighted by Crippen LogP contribution is 2.46. The minimum Gasteiger partial charge on any atom is -0.490 e. The van der Waals surface area contributed by atoms with Gasteiger partial charge in [0, 0.05) is 15.7 Å². The van der Waals surface area contributed by atoms with Crippen LogP contribution in [0.4, 0.5) is 0 Å². The van der Waals surface area contributed by atoms with Crippen LogP contribution in [-0.4, -0.2) is 16.8 Å². The minimum atomic E-state index is -0.446. The largest absolute Gasteiger partial charge is 0.490 e. The summed E-state index contributed by atoms with van der Waals surface area (Å²) >= 11 is 7.07. The molecule has 1 aliphatic rings. The number of hydrogen-bond acceptors (Lipinski definition) is 6. The van der Waals surface area contributed by atoms with Crippen LogP contribution in [0.1, 0.15) is 35.2 Å². The number of aromatic nitrogens is 2. The minimum absolute atomic E-state index is 0.0427. The number of nitrogens with two attached hydrogens (primary N) is 1. The van der Waals surface area contributed by atoms with Crippen LogP contribution in [0.3, 0.4) is 0 Å². The molecule has 0 radical (unpaired) electrons. The number of nitrogens with zero attached hydrogens (tertiary/aromatic N) is 2. The predicted molar refractivity (Wildman–Crippen MR) is 126 cm³/mol. The number of nitrogens with one attached hydrogen (secondary N) is 1. The van der Waals surface area contributed by atoms with E-state index in [9.17, 15) is 5.26 Å². The summed E-state index contributed by atoms with van der Waals surface area (Å²) in [6, 6.07) is 13.9. The lowest BCUT2D eigenvalue weighted by Crippen LogP contribution is -2.21. The molecule has 2 aromatic carbocycles. The normalized spacial score (nSPS) is 15.0. The van der Waals surface area contributed by atoms with Gasteiger partial charge in [0.2, 0.25) is 11.8 Å². The summed E-state index contributed by atoms with van der Waals surface area (Å²) in [6.45, 7) is 4.62. The maximum atomic E-state index is 9.80. The molecular formula is C23H20Br2N4O3. The van der Waals surface area contributed by atoms with E-state index < -0.39 is 5.92 Å². The summed E-state index contributed by atoms with van der Waals surface area (Å²) in [5.41, 5.74) is 9.77. The second-order valence-electron chi connectivity index (χ2n) is 7.17. The molecule has 0 saturated heterocycles. The predicted octanol–water partition coefficient (Wildman–Crippen LogP) is 5.44. The van der Waals surface area contributed by atoms with E-state index in [0.717, 1.165) is 26.9 Å². The van der Waals surface area contributed by atoms with Gasteiger partial charge in [-0.25, -0.2) is 0 Å². The number of aromatic amines is 1. The van der Waals surface area contributed by atoms with Crippen molar-refractivity contribution in [3.05, 3.63) is 79.2 Å². The quantitative estimate of drug-likeness (QED) is 0.416. The lowest BCUT2D eigenvalue weighted by molar-refractivity contribution is 0.267. The zero-order valence-electron chi connectivity index (χ0n) is 17.4. The molecule has 9 heteroatoms. The van der Waals surface area contributed by atoms with Gasteiger partial charge < -0.3 is 19.9 Å². The van der Waals surface area contributed by atoms with Crippen LogP contribution in [0.2, 0.25) is 0 Å². The summed E-state index contributed by atoms with van der Waals surface area (Å²) in [5, 5.41) is 16.9. The number of benzene rings is 2. The van der Waals surface area contributed by atoms with E-state index in [1.165, 1.54) is 0 Å². The Morgan fingerprint density at radius 1 is 1.22 bits per heavy atom. The maximum absolute atomic E-state index is 9.80. The summed E-state index contributed by atoms with van der Waals surface area (Å²) in [5.74, 6) is 1.12. The molecule has 32 heavy (non-hydrogen) atoms. The van der Waals surface area contributed by atoms with Crippen LogP contribution >= 0.6 is 31.9 Å². The van der Waals surface area contributed by atoms with Gasteiger partial charge in [-0.3, -0.25) is 5.10 Å². The van der Waals surface area contributed by atoms with E-state index >= 15 is 0 Å². The number of allylic oxidation sites excluding steroid dienone is 1. The summed E-state index contributed by atoms with van der Waals surface area (Å²) in [4.78, 5) is 0. The molecule has 1 aromatic heterocycles. The van der Waals surface area contributed by atoms with Crippen LogP contribution < -0.4 is 19.9 Å². The van der Waals surface area contributed by atoms with Crippen molar-refractivity contribution in [3.8, 4) is 23.4 Å². The van der Waals surface area contributed by atoms with E-state index in [0.29, 0.717) is 40.6 Å². The van der Waals surface area contributed by atoms with Crippen molar-refractivity contribution in [2.75, 3.05) is 6.61 Å². The molecule has 0 spiro atoms. The molecule has 1 atom stereocenters. The molecule has 0 amide bonds. The average Bonchev–Trinajstić information content (AvgIpc) is 3.13. The first-order valence-corrected chi connectivity index (χ1v) is 11.5. The van der Waals surface area contributed by atoms with Gasteiger partial charge in [-0.05, 0) is 65.2 Å². The van der Waals surface area contributed by atoms with Crippen LogP contribution in [0, 0.1) is 18.3 Å². The van der Waals surface area contributed by atoms with Crippen LogP contribution in [0.25, 0.3) is 0 Å². The molecule has 164 valence electrons. The second-order valence-corrected chi connectivity index (χ2v) is 8.94. The molecule has 3 aromatic rings. The fourth-order valence-electron chi connectivity index (χ4n) is 3.63. The molecule has 2 heterocycles. The van der Waals surface area contributed by atoms with Crippen LogP contribution in [0.15, 0.2) is 56.8 Å². The highest BCUT2D eigenvalue weighted by molar-refractivity contribution is 9.10. The summed E-state index contributed by atoms with van der Waals surface area (Å²) in [6.07, 6.45) is 0. The molecular weight excluding hydrogens is 540 g/mol. The molecule has 4 rings (SSSR count). The van der Waals surface area contributed by atoms with Crippen molar-refractivity contribution in [3.63, 3.8) is 0 Å². The molecule has 7 nitrogen and oxygen atoms in total. The molecule has 0 fully saturated rings. The number of rotatable bonds is 6. The lowest BCUT2D eigenvalue weighted by atomic mass is 9.84. The monoisotopic (exact) mass is 558 g/mol. The van der Waals surface area contributed by atoms with E-state index in [4.69, 9.17) is 19.9 Å². The smallest absolute Gasteiger partial charge is 0.244 e. The van der Waals surface area contributed by atoms with Crippen molar-refractivity contribution in [1.29, 1.82) is 5.26 Å². The Morgan fingerprint density at radius 2 is 1.97 bits per heavy atom. The van der Waals surface area contributed by atoms with Gasteiger partial charge in [0.1, 0.15) is 18.2 Å². The number of hydrogen-bond donors (Lipinski definition) is 2. The number of fused-ring (bicyclic) bond motifs is 1. The van der Waals surface area contributed by atoms with E-state index in [2.05, 4.69) is 48.1 Å². The van der Waals surface area contributed by atoms with Gasteiger partial charge in [-0.2, -0.15) is 5.26 Å². The first-order chi connectivity index (χ1) is 15.4. The zero-order valence-corrected chi connectivity index (χ0v) is 20.6. The third-order valence-electron chi connectivity index (χ3n) is 5.09. The number of aryl methyl sites for hydroxylation is 1. The SMILES string of the molecule is CCOc1cc([C@@H]2C(C#N)=C(N)Oc3n[nH]c(C)c32)cc(Br)c1OCc1ccc(Br)cc1. The Bertz CT molecular complexity index is 1230. The maximum Gasteiger partial charge on any atom is 0.244 e. The second kappa shape index (κ2) is 9.27. The highest BCUT2D eigenvalue weighted by Gasteiger charge is 2.35. The van der Waals surface area contributed by atoms with Crippen LogP contribution in [0.5, 0.6) is 17.4 Å². The Labute approximate surface area is 202 Å². The van der Waals surface area contributed by atoms with Crippen molar-refractivity contribution < 1.29 is 14.2 Å². The number of H-pyrrole nitrogens is 1. The van der Waals surface area contributed by atoms with Gasteiger partial charge >= 0.3 is 0 Å². The van der Waals surface area contributed by atoms with Gasteiger partial charge in [-0.1, -0.05) is 28.1 Å². The number of ether oxygens (including phenoxy) is 3. The fourth-order valence-corrected chi connectivity index (χ4v) is 4.46. The van der Waals surface area contributed by atoms with Gasteiger partial charge in [0.15, 0.2) is 11.5 Å². The topological polar surface area (TPSA) is 106 Å². The van der Waals surface area contributed by atoms with E-state index in [-0.39, 0.29) is 5.88 Å². The standard InChI is InChI=1S/C23H20Br2N4O3/c1-3-30-18-9-14(8-17(25)21(18)31-11-13-4-6-15(24)7-5-13)20-16(10-26)22(27)32-23-19(20)12(2)28-29-23/h4-9,20H,3,11,27H2,1-2H3,(H,28,29)/t20-/m1/s1. The van der Waals surface area contributed by atoms with Gasteiger partial charge in [-0.15, -0.1) is 5.10 Å². The molecule has 0 saturated carbocycles. The van der Waals surface area contributed by atoms with Crippen molar-refractivity contribution in [2.24, 2.45) is 5.73 Å². The lowest BCUT2D eigenvalue weighted by Gasteiger charge is -2.25. The van der Waals surface area contributed by atoms with Crippen LogP contribution in [-0.2, 0) is 6.61 Å². The summed E-state index contributed by atoms with van der Waals surface area (Å²) < 4.78 is 19.3. The Hall–Kier alpha value is -2.96. The number of halogens is 2. The van der Waals surface area contributed by atoms with Gasteiger partial charge in [0.05, 0.1) is 17.0 Å². The zero-order chi connectivity index (χ0) is 22.8. The average molecular weight is 560 g/mol.